The van der Waals surface area contributed by atoms with Gasteiger partial charge in [0.05, 0.1) is 18.6 Å². The molecule has 8 heteroatoms. The van der Waals surface area contributed by atoms with Crippen molar-refractivity contribution in [3.8, 4) is 0 Å². The summed E-state index contributed by atoms with van der Waals surface area (Å²) in [6.07, 6.45) is 0.424. The molecule has 136 valence electrons. The Labute approximate surface area is 146 Å². The van der Waals surface area contributed by atoms with E-state index in [1.165, 1.54) is 6.07 Å². The molecule has 0 aliphatic carbocycles. The van der Waals surface area contributed by atoms with Gasteiger partial charge in [0.2, 0.25) is 11.8 Å². The Morgan fingerprint density at radius 1 is 1.25 bits per heavy atom. The summed E-state index contributed by atoms with van der Waals surface area (Å²) >= 11 is 0. The SMILES string of the molecule is CCC(NC(=O)CNC(=O)[C@@H](N)C(C)C)c1ccc(F)cc1F.Cl. The average molecular weight is 364 g/mol. The van der Waals surface area contributed by atoms with Crippen molar-refractivity contribution < 1.29 is 18.4 Å². The molecular weight excluding hydrogens is 340 g/mol. The molecule has 0 bridgehead atoms. The van der Waals surface area contributed by atoms with Gasteiger partial charge in [-0.1, -0.05) is 26.8 Å². The number of hydrogen-bond donors (Lipinski definition) is 3. The topological polar surface area (TPSA) is 84.2 Å². The summed E-state index contributed by atoms with van der Waals surface area (Å²) in [5.41, 5.74) is 5.87. The molecule has 0 fully saturated rings. The first kappa shape index (κ1) is 22.3. The van der Waals surface area contributed by atoms with E-state index in [0.717, 1.165) is 12.1 Å². The summed E-state index contributed by atoms with van der Waals surface area (Å²) < 4.78 is 26.7. The summed E-state index contributed by atoms with van der Waals surface area (Å²) in [4.78, 5) is 23.6. The summed E-state index contributed by atoms with van der Waals surface area (Å²) in [5, 5.41) is 5.05. The molecule has 0 heterocycles. The molecule has 2 atom stereocenters. The molecule has 0 aliphatic heterocycles. The highest BCUT2D eigenvalue weighted by Crippen LogP contribution is 2.20. The van der Waals surface area contributed by atoms with Crippen LogP contribution in [0, 0.1) is 17.6 Å². The van der Waals surface area contributed by atoms with Gasteiger partial charge in [-0.3, -0.25) is 9.59 Å². The van der Waals surface area contributed by atoms with Crippen LogP contribution in [0.3, 0.4) is 0 Å². The Morgan fingerprint density at radius 3 is 2.38 bits per heavy atom. The fourth-order valence-electron chi connectivity index (χ4n) is 2.02. The second-order valence-electron chi connectivity index (χ2n) is 5.68. The molecule has 0 saturated carbocycles. The van der Waals surface area contributed by atoms with Gasteiger partial charge in [0.15, 0.2) is 0 Å². The van der Waals surface area contributed by atoms with Crippen LogP contribution < -0.4 is 16.4 Å². The number of benzene rings is 1. The van der Waals surface area contributed by atoms with Gasteiger partial charge >= 0.3 is 0 Å². The van der Waals surface area contributed by atoms with Crippen LogP contribution in [0.15, 0.2) is 18.2 Å². The molecule has 0 saturated heterocycles. The van der Waals surface area contributed by atoms with Gasteiger partial charge < -0.3 is 16.4 Å². The third kappa shape index (κ3) is 6.41. The predicted molar refractivity (Wildman–Crippen MR) is 90.6 cm³/mol. The van der Waals surface area contributed by atoms with E-state index in [1.807, 2.05) is 0 Å². The number of carbonyl (C=O) groups excluding carboxylic acids is 2. The molecule has 1 aromatic rings. The number of nitrogens with one attached hydrogen (secondary N) is 2. The van der Waals surface area contributed by atoms with E-state index in [1.54, 1.807) is 20.8 Å². The Hall–Kier alpha value is -1.73. The van der Waals surface area contributed by atoms with E-state index in [9.17, 15) is 18.4 Å². The lowest BCUT2D eigenvalue weighted by Crippen LogP contribution is -2.47. The smallest absolute Gasteiger partial charge is 0.239 e. The lowest BCUT2D eigenvalue weighted by molar-refractivity contribution is -0.127. The van der Waals surface area contributed by atoms with Gasteiger partial charge in [0.25, 0.3) is 0 Å². The number of rotatable bonds is 7. The third-order valence-electron chi connectivity index (χ3n) is 3.53. The van der Waals surface area contributed by atoms with E-state index in [-0.39, 0.29) is 30.4 Å². The fraction of sp³-hybridized carbons (Fsp3) is 0.500. The maximum atomic E-state index is 13.8. The van der Waals surface area contributed by atoms with Gasteiger partial charge in [-0.05, 0) is 18.4 Å². The zero-order valence-electron chi connectivity index (χ0n) is 13.9. The maximum absolute atomic E-state index is 13.8. The normalized spacial score (nSPS) is 13.0. The van der Waals surface area contributed by atoms with E-state index < -0.39 is 35.5 Å². The molecule has 2 amide bonds. The van der Waals surface area contributed by atoms with Crippen LogP contribution in [0.1, 0.15) is 38.8 Å². The van der Waals surface area contributed by atoms with E-state index in [0.29, 0.717) is 6.42 Å². The molecule has 0 radical (unpaired) electrons. The Balaban J connectivity index is 0.00000529. The van der Waals surface area contributed by atoms with Crippen LogP contribution in [-0.2, 0) is 9.59 Å². The summed E-state index contributed by atoms with van der Waals surface area (Å²) in [7, 11) is 0. The fourth-order valence-corrected chi connectivity index (χ4v) is 2.02. The average Bonchev–Trinajstić information content (AvgIpc) is 2.49. The van der Waals surface area contributed by atoms with Crippen molar-refractivity contribution in [2.75, 3.05) is 6.54 Å². The van der Waals surface area contributed by atoms with Gasteiger partial charge in [0, 0.05) is 11.6 Å². The second kappa shape index (κ2) is 10.2. The zero-order valence-corrected chi connectivity index (χ0v) is 14.8. The minimum atomic E-state index is -0.719. The quantitative estimate of drug-likeness (QED) is 0.693. The first-order valence-corrected chi connectivity index (χ1v) is 7.53. The Kier molecular flexibility index (Phi) is 9.47. The first-order valence-electron chi connectivity index (χ1n) is 7.53. The van der Waals surface area contributed by atoms with Crippen molar-refractivity contribution in [3.63, 3.8) is 0 Å². The highest BCUT2D eigenvalue weighted by atomic mass is 35.5. The van der Waals surface area contributed by atoms with E-state index >= 15 is 0 Å². The maximum Gasteiger partial charge on any atom is 0.239 e. The van der Waals surface area contributed by atoms with Crippen molar-refractivity contribution in [2.45, 2.75) is 39.3 Å². The molecular formula is C16H24ClF2N3O2. The highest BCUT2D eigenvalue weighted by Gasteiger charge is 2.20. The van der Waals surface area contributed by atoms with Gasteiger partial charge in [-0.25, -0.2) is 8.78 Å². The highest BCUT2D eigenvalue weighted by molar-refractivity contribution is 5.87. The van der Waals surface area contributed by atoms with Crippen molar-refractivity contribution >= 4 is 24.2 Å². The minimum Gasteiger partial charge on any atom is -0.348 e. The summed E-state index contributed by atoms with van der Waals surface area (Å²) in [6, 6.07) is 1.91. The molecule has 1 unspecified atom stereocenters. The zero-order chi connectivity index (χ0) is 17.6. The number of amides is 2. The molecule has 0 spiro atoms. The Bertz CT molecular complexity index is 570. The van der Waals surface area contributed by atoms with Crippen LogP contribution in [0.5, 0.6) is 0 Å². The Morgan fingerprint density at radius 2 is 1.88 bits per heavy atom. The molecule has 0 aromatic heterocycles. The number of hydrogen-bond acceptors (Lipinski definition) is 3. The van der Waals surface area contributed by atoms with Crippen LogP contribution >= 0.6 is 12.4 Å². The van der Waals surface area contributed by atoms with Crippen molar-refractivity contribution in [3.05, 3.63) is 35.4 Å². The minimum absolute atomic E-state index is 0. The second-order valence-corrected chi connectivity index (χ2v) is 5.68. The number of nitrogens with two attached hydrogens (primary N) is 1. The van der Waals surface area contributed by atoms with E-state index in [4.69, 9.17) is 5.73 Å². The van der Waals surface area contributed by atoms with E-state index in [2.05, 4.69) is 10.6 Å². The third-order valence-corrected chi connectivity index (χ3v) is 3.53. The molecule has 0 aliphatic rings. The van der Waals surface area contributed by atoms with Gasteiger partial charge in [-0.15, -0.1) is 12.4 Å². The van der Waals surface area contributed by atoms with Crippen molar-refractivity contribution in [2.24, 2.45) is 11.7 Å². The van der Waals surface area contributed by atoms with Gasteiger partial charge in [-0.2, -0.15) is 0 Å². The summed E-state index contributed by atoms with van der Waals surface area (Å²) in [5.74, 6) is -2.33. The number of carbonyl (C=O) groups is 2. The molecule has 5 nitrogen and oxygen atoms in total. The first-order chi connectivity index (χ1) is 10.8. The van der Waals surface area contributed by atoms with Crippen LogP contribution in [0.25, 0.3) is 0 Å². The lowest BCUT2D eigenvalue weighted by Gasteiger charge is -2.19. The summed E-state index contributed by atoms with van der Waals surface area (Å²) in [6.45, 7) is 5.11. The molecule has 1 aromatic carbocycles. The molecule has 24 heavy (non-hydrogen) atoms. The van der Waals surface area contributed by atoms with Crippen LogP contribution in [-0.4, -0.2) is 24.4 Å². The van der Waals surface area contributed by atoms with Crippen molar-refractivity contribution in [1.82, 2.24) is 10.6 Å². The molecule has 1 rings (SSSR count). The van der Waals surface area contributed by atoms with Crippen molar-refractivity contribution in [1.29, 1.82) is 0 Å². The predicted octanol–water partition coefficient (Wildman–Crippen LogP) is 2.05. The van der Waals surface area contributed by atoms with Crippen LogP contribution in [0.4, 0.5) is 8.78 Å². The molecule has 4 N–H and O–H groups in total. The van der Waals surface area contributed by atoms with Gasteiger partial charge in [0.1, 0.15) is 11.6 Å². The monoisotopic (exact) mass is 363 g/mol. The largest absolute Gasteiger partial charge is 0.348 e. The standard InChI is InChI=1S/C16H23F2N3O2.ClH/c1-4-13(11-6-5-10(17)7-12(11)18)21-14(22)8-20-16(23)15(19)9(2)3;/h5-7,9,13,15H,4,8,19H2,1-3H3,(H,20,23)(H,21,22);1H/t13?,15-;/m0./s1. The van der Waals surface area contributed by atoms with Crippen LogP contribution in [0.2, 0.25) is 0 Å². The lowest BCUT2D eigenvalue weighted by atomic mass is 10.0. The number of halogens is 3.